The Morgan fingerprint density at radius 3 is 2.75 bits per heavy atom. The quantitative estimate of drug-likeness (QED) is 0.700. The Hall–Kier alpha value is -0.900. The lowest BCUT2D eigenvalue weighted by molar-refractivity contribution is 0.441. The summed E-state index contributed by atoms with van der Waals surface area (Å²) in [6.45, 7) is 2.20. The molecule has 4 nitrogen and oxygen atoms in total. The fourth-order valence-corrected chi connectivity index (χ4v) is 1.37. The Balaban J connectivity index is 2.19. The first-order valence-electron chi connectivity index (χ1n) is 4.24. The van der Waals surface area contributed by atoms with Crippen molar-refractivity contribution in [3.8, 4) is 0 Å². The van der Waals surface area contributed by atoms with E-state index < -0.39 is 0 Å². The first-order valence-corrected chi connectivity index (χ1v) is 4.24. The number of aromatic nitrogens is 3. The third kappa shape index (κ3) is 1.12. The maximum atomic E-state index is 6.03. The van der Waals surface area contributed by atoms with Gasteiger partial charge >= 0.3 is 0 Å². The van der Waals surface area contributed by atoms with Crippen LogP contribution in [0.25, 0.3) is 0 Å². The van der Waals surface area contributed by atoms with E-state index in [-0.39, 0.29) is 11.5 Å². The van der Waals surface area contributed by atoms with Gasteiger partial charge in [0, 0.05) is 13.2 Å². The molecule has 0 aliphatic heterocycles. The zero-order chi connectivity index (χ0) is 8.77. The van der Waals surface area contributed by atoms with Gasteiger partial charge in [0.05, 0.1) is 11.7 Å². The average molecular weight is 166 g/mol. The summed E-state index contributed by atoms with van der Waals surface area (Å²) in [6.07, 6.45) is 4.32. The van der Waals surface area contributed by atoms with Crippen LogP contribution in [0, 0.1) is 5.41 Å². The molecule has 4 heteroatoms. The second-order valence-electron chi connectivity index (χ2n) is 3.95. The molecule has 1 aromatic rings. The standard InChI is InChI=1S/C8H14N4/c1-8(3-4-8)7(9)6-5-12(2)11-10-6/h5,7H,3-4,9H2,1-2H3. The molecule has 0 amide bonds. The predicted molar refractivity (Wildman–Crippen MR) is 45.3 cm³/mol. The molecule has 0 saturated heterocycles. The number of nitrogens with zero attached hydrogens (tertiary/aromatic N) is 3. The highest BCUT2D eigenvalue weighted by Crippen LogP contribution is 2.52. The Morgan fingerprint density at radius 1 is 1.67 bits per heavy atom. The molecular weight excluding hydrogens is 152 g/mol. The van der Waals surface area contributed by atoms with Gasteiger partial charge in [0.1, 0.15) is 0 Å². The van der Waals surface area contributed by atoms with Gasteiger partial charge in [0.2, 0.25) is 0 Å². The van der Waals surface area contributed by atoms with Crippen LogP contribution in [0.15, 0.2) is 6.20 Å². The lowest BCUT2D eigenvalue weighted by atomic mass is 9.98. The van der Waals surface area contributed by atoms with Crippen molar-refractivity contribution in [3.63, 3.8) is 0 Å². The predicted octanol–water partition coefficient (Wildman–Crippen LogP) is 0.615. The molecule has 1 atom stereocenters. The number of rotatable bonds is 2. The van der Waals surface area contributed by atoms with Crippen molar-refractivity contribution in [2.45, 2.75) is 25.8 Å². The normalized spacial score (nSPS) is 22.2. The Kier molecular flexibility index (Phi) is 1.48. The SMILES string of the molecule is Cn1cc(C(N)C2(C)CC2)nn1. The van der Waals surface area contributed by atoms with Gasteiger partial charge < -0.3 is 5.73 Å². The molecule has 1 aromatic heterocycles. The van der Waals surface area contributed by atoms with Gasteiger partial charge in [-0.1, -0.05) is 12.1 Å². The van der Waals surface area contributed by atoms with Gasteiger partial charge in [-0.3, -0.25) is 4.68 Å². The van der Waals surface area contributed by atoms with Crippen LogP contribution in [0.3, 0.4) is 0 Å². The minimum Gasteiger partial charge on any atom is -0.322 e. The van der Waals surface area contributed by atoms with E-state index in [1.54, 1.807) is 4.68 Å². The second-order valence-corrected chi connectivity index (χ2v) is 3.95. The van der Waals surface area contributed by atoms with E-state index in [1.165, 1.54) is 12.8 Å². The molecule has 66 valence electrons. The third-order valence-corrected chi connectivity index (χ3v) is 2.73. The first-order chi connectivity index (χ1) is 5.62. The monoisotopic (exact) mass is 166 g/mol. The molecule has 1 unspecified atom stereocenters. The average Bonchev–Trinajstić information content (AvgIpc) is 2.62. The fourth-order valence-electron chi connectivity index (χ4n) is 1.37. The summed E-state index contributed by atoms with van der Waals surface area (Å²) in [7, 11) is 1.86. The molecular formula is C8H14N4. The molecule has 0 radical (unpaired) electrons. The van der Waals surface area contributed by atoms with Crippen LogP contribution < -0.4 is 5.73 Å². The van der Waals surface area contributed by atoms with Crippen LogP contribution in [-0.4, -0.2) is 15.0 Å². The van der Waals surface area contributed by atoms with Crippen molar-refractivity contribution < 1.29 is 0 Å². The number of hydrogen-bond donors (Lipinski definition) is 1. The lowest BCUT2D eigenvalue weighted by Crippen LogP contribution is -2.20. The topological polar surface area (TPSA) is 56.7 Å². The maximum absolute atomic E-state index is 6.03. The molecule has 1 aliphatic rings. The van der Waals surface area contributed by atoms with E-state index in [2.05, 4.69) is 17.2 Å². The molecule has 1 saturated carbocycles. The lowest BCUT2D eigenvalue weighted by Gasteiger charge is -2.14. The van der Waals surface area contributed by atoms with Gasteiger partial charge in [0.15, 0.2) is 0 Å². The van der Waals surface area contributed by atoms with Crippen LogP contribution >= 0.6 is 0 Å². The zero-order valence-electron chi connectivity index (χ0n) is 7.49. The molecule has 2 N–H and O–H groups in total. The Morgan fingerprint density at radius 2 is 2.33 bits per heavy atom. The van der Waals surface area contributed by atoms with E-state index in [4.69, 9.17) is 5.73 Å². The number of hydrogen-bond acceptors (Lipinski definition) is 3. The van der Waals surface area contributed by atoms with E-state index >= 15 is 0 Å². The van der Waals surface area contributed by atoms with E-state index in [0.29, 0.717) is 0 Å². The van der Waals surface area contributed by atoms with Crippen LogP contribution in [0.1, 0.15) is 31.5 Å². The highest BCUT2D eigenvalue weighted by atomic mass is 15.4. The molecule has 1 aliphatic carbocycles. The van der Waals surface area contributed by atoms with Crippen LogP contribution in [-0.2, 0) is 7.05 Å². The highest BCUT2D eigenvalue weighted by Gasteiger charge is 2.44. The molecule has 0 spiro atoms. The molecule has 0 bridgehead atoms. The fraction of sp³-hybridized carbons (Fsp3) is 0.750. The molecule has 1 heterocycles. The first kappa shape index (κ1) is 7.73. The maximum Gasteiger partial charge on any atom is 0.0999 e. The van der Waals surface area contributed by atoms with Crippen molar-refractivity contribution in [1.29, 1.82) is 0 Å². The van der Waals surface area contributed by atoms with Crippen molar-refractivity contribution in [1.82, 2.24) is 15.0 Å². The summed E-state index contributed by atoms with van der Waals surface area (Å²) in [5, 5.41) is 7.88. The minimum absolute atomic E-state index is 0.0613. The number of aryl methyl sites for hydroxylation is 1. The third-order valence-electron chi connectivity index (χ3n) is 2.73. The van der Waals surface area contributed by atoms with Crippen LogP contribution in [0.2, 0.25) is 0 Å². The van der Waals surface area contributed by atoms with Crippen molar-refractivity contribution in [2.24, 2.45) is 18.2 Å². The molecule has 1 fully saturated rings. The second kappa shape index (κ2) is 2.29. The summed E-state index contributed by atoms with van der Waals surface area (Å²) in [4.78, 5) is 0. The van der Waals surface area contributed by atoms with Crippen molar-refractivity contribution in [2.75, 3.05) is 0 Å². The van der Waals surface area contributed by atoms with Crippen LogP contribution in [0.5, 0.6) is 0 Å². The summed E-state index contributed by atoms with van der Waals surface area (Å²) in [6, 6.07) is 0.0613. The van der Waals surface area contributed by atoms with E-state index in [0.717, 1.165) is 5.69 Å². The molecule has 12 heavy (non-hydrogen) atoms. The van der Waals surface area contributed by atoms with Gasteiger partial charge in [-0.15, -0.1) is 5.10 Å². The Labute approximate surface area is 71.8 Å². The summed E-state index contributed by atoms with van der Waals surface area (Å²) >= 11 is 0. The largest absolute Gasteiger partial charge is 0.322 e. The van der Waals surface area contributed by atoms with E-state index in [1.807, 2.05) is 13.2 Å². The summed E-state index contributed by atoms with van der Waals surface area (Å²) < 4.78 is 1.70. The summed E-state index contributed by atoms with van der Waals surface area (Å²) in [5.41, 5.74) is 7.23. The van der Waals surface area contributed by atoms with E-state index in [9.17, 15) is 0 Å². The van der Waals surface area contributed by atoms with Gasteiger partial charge in [-0.05, 0) is 18.3 Å². The van der Waals surface area contributed by atoms with Gasteiger partial charge in [-0.25, -0.2) is 0 Å². The zero-order valence-corrected chi connectivity index (χ0v) is 7.49. The van der Waals surface area contributed by atoms with Gasteiger partial charge in [0.25, 0.3) is 0 Å². The van der Waals surface area contributed by atoms with Crippen molar-refractivity contribution >= 4 is 0 Å². The van der Waals surface area contributed by atoms with Crippen LogP contribution in [0.4, 0.5) is 0 Å². The smallest absolute Gasteiger partial charge is 0.0999 e. The summed E-state index contributed by atoms with van der Waals surface area (Å²) in [5.74, 6) is 0. The minimum atomic E-state index is 0.0613. The Bertz CT molecular complexity index is 287. The number of nitrogens with two attached hydrogens (primary N) is 1. The molecule has 0 aromatic carbocycles. The highest BCUT2D eigenvalue weighted by molar-refractivity contribution is 5.10. The van der Waals surface area contributed by atoms with Crippen molar-refractivity contribution in [3.05, 3.63) is 11.9 Å². The van der Waals surface area contributed by atoms with Gasteiger partial charge in [-0.2, -0.15) is 0 Å². The molecule has 2 rings (SSSR count).